The van der Waals surface area contributed by atoms with Crippen molar-refractivity contribution in [3.05, 3.63) is 46.8 Å². The molecule has 1 amide bonds. The molecule has 4 rings (SSSR count). The van der Waals surface area contributed by atoms with E-state index in [1.165, 1.54) is 31.3 Å². The lowest BCUT2D eigenvalue weighted by atomic mass is 9.96. The summed E-state index contributed by atoms with van der Waals surface area (Å²) in [7, 11) is 0. The van der Waals surface area contributed by atoms with Crippen molar-refractivity contribution in [1.29, 1.82) is 0 Å². The molecule has 2 heterocycles. The predicted molar refractivity (Wildman–Crippen MR) is 117 cm³/mol. The van der Waals surface area contributed by atoms with E-state index < -0.39 is 0 Å². The molecule has 30 heavy (non-hydrogen) atoms. The van der Waals surface area contributed by atoms with Gasteiger partial charge in [0, 0.05) is 18.7 Å². The Morgan fingerprint density at radius 1 is 1.27 bits per heavy atom. The van der Waals surface area contributed by atoms with Crippen molar-refractivity contribution in [3.63, 3.8) is 0 Å². The van der Waals surface area contributed by atoms with E-state index in [0.29, 0.717) is 23.3 Å². The first kappa shape index (κ1) is 21.1. The van der Waals surface area contributed by atoms with Crippen LogP contribution in [0.4, 0.5) is 0 Å². The van der Waals surface area contributed by atoms with Gasteiger partial charge in [0.2, 0.25) is 17.6 Å². The number of hydrogen-bond acceptors (Lipinski definition) is 5. The lowest BCUT2D eigenvalue weighted by Gasteiger charge is -2.30. The highest BCUT2D eigenvalue weighted by Gasteiger charge is 2.27. The summed E-state index contributed by atoms with van der Waals surface area (Å²) in [4.78, 5) is 19.4. The van der Waals surface area contributed by atoms with Crippen LogP contribution in [-0.2, 0) is 11.3 Å². The maximum Gasteiger partial charge on any atom is 0.241 e. The highest BCUT2D eigenvalue weighted by Crippen LogP contribution is 2.26. The standard InChI is InChI=1S/C23H29ClN4O2/c24-20-11-5-4-10-19(20)22-26-21(30-27-22)16-28-14-6-9-18(15-28)23(29)25-13-12-17-7-2-1-3-8-17/h4-5,7,10-11,18H,1-3,6,8-9,12-16H2,(H,25,29). The van der Waals surface area contributed by atoms with Crippen molar-refractivity contribution < 1.29 is 9.32 Å². The Balaban J connectivity index is 1.27. The monoisotopic (exact) mass is 428 g/mol. The minimum Gasteiger partial charge on any atom is -0.356 e. The first-order valence-corrected chi connectivity index (χ1v) is 11.3. The number of nitrogens with one attached hydrogen (secondary N) is 1. The van der Waals surface area contributed by atoms with Gasteiger partial charge in [-0.1, -0.05) is 40.5 Å². The number of halogens is 1. The molecule has 1 unspecified atom stereocenters. The van der Waals surface area contributed by atoms with Crippen LogP contribution in [0.15, 0.2) is 40.4 Å². The zero-order valence-electron chi connectivity index (χ0n) is 17.3. The van der Waals surface area contributed by atoms with Crippen molar-refractivity contribution in [1.82, 2.24) is 20.4 Å². The summed E-state index contributed by atoms with van der Waals surface area (Å²) in [6, 6.07) is 7.46. The smallest absolute Gasteiger partial charge is 0.241 e. The Bertz CT molecular complexity index is 895. The van der Waals surface area contributed by atoms with E-state index in [-0.39, 0.29) is 11.8 Å². The van der Waals surface area contributed by atoms with Crippen LogP contribution in [0, 0.1) is 5.92 Å². The van der Waals surface area contributed by atoms with Gasteiger partial charge in [-0.3, -0.25) is 9.69 Å². The molecule has 1 aromatic heterocycles. The highest BCUT2D eigenvalue weighted by molar-refractivity contribution is 6.33. The summed E-state index contributed by atoms with van der Waals surface area (Å²) in [6.45, 7) is 2.94. The summed E-state index contributed by atoms with van der Waals surface area (Å²) >= 11 is 6.23. The molecule has 1 atom stereocenters. The number of nitrogens with zero attached hydrogens (tertiary/aromatic N) is 3. The molecule has 1 aromatic carbocycles. The lowest BCUT2D eigenvalue weighted by Crippen LogP contribution is -2.43. The van der Waals surface area contributed by atoms with E-state index in [4.69, 9.17) is 16.1 Å². The molecule has 0 spiro atoms. The fourth-order valence-corrected chi connectivity index (χ4v) is 4.52. The average molecular weight is 429 g/mol. The average Bonchev–Trinajstić information content (AvgIpc) is 3.23. The van der Waals surface area contributed by atoms with E-state index in [9.17, 15) is 4.79 Å². The van der Waals surface area contributed by atoms with Crippen molar-refractivity contribution in [2.24, 2.45) is 5.92 Å². The van der Waals surface area contributed by atoms with Gasteiger partial charge in [0.1, 0.15) is 0 Å². The fraction of sp³-hybridized carbons (Fsp3) is 0.522. The molecular formula is C23H29ClN4O2. The van der Waals surface area contributed by atoms with Gasteiger partial charge in [0.05, 0.1) is 17.5 Å². The van der Waals surface area contributed by atoms with Gasteiger partial charge in [-0.15, -0.1) is 0 Å². The summed E-state index contributed by atoms with van der Waals surface area (Å²) in [5, 5.41) is 7.81. The van der Waals surface area contributed by atoms with Gasteiger partial charge in [0.15, 0.2) is 0 Å². The number of hydrogen-bond donors (Lipinski definition) is 1. The molecule has 0 bridgehead atoms. The number of allylic oxidation sites excluding steroid dienone is 1. The Hall–Kier alpha value is -2.18. The molecule has 1 fully saturated rings. The SMILES string of the molecule is O=C(NCCC1=CCCCC1)C1CCCN(Cc2nc(-c3ccccc3Cl)no2)C1. The number of likely N-dealkylation sites (tertiary alicyclic amines) is 1. The Morgan fingerprint density at radius 3 is 3.00 bits per heavy atom. The highest BCUT2D eigenvalue weighted by atomic mass is 35.5. The van der Waals surface area contributed by atoms with E-state index in [1.807, 2.05) is 24.3 Å². The minimum atomic E-state index is 0.0186. The second-order valence-corrected chi connectivity index (χ2v) is 8.62. The number of rotatable bonds is 7. The zero-order valence-corrected chi connectivity index (χ0v) is 18.0. The largest absolute Gasteiger partial charge is 0.356 e. The van der Waals surface area contributed by atoms with Crippen LogP contribution < -0.4 is 5.32 Å². The summed E-state index contributed by atoms with van der Waals surface area (Å²) in [5.74, 6) is 1.23. The van der Waals surface area contributed by atoms with E-state index in [1.54, 1.807) is 0 Å². The molecule has 1 N–H and O–H groups in total. The maximum absolute atomic E-state index is 12.6. The topological polar surface area (TPSA) is 71.3 Å². The lowest BCUT2D eigenvalue weighted by molar-refractivity contribution is -0.126. The molecule has 1 aliphatic carbocycles. The summed E-state index contributed by atoms with van der Waals surface area (Å²) in [6.07, 6.45) is 10.2. The second-order valence-electron chi connectivity index (χ2n) is 8.22. The zero-order chi connectivity index (χ0) is 20.8. The van der Waals surface area contributed by atoms with E-state index in [2.05, 4.69) is 26.4 Å². The molecule has 160 valence electrons. The number of piperidine rings is 1. The number of carbonyl (C=O) groups is 1. The summed E-state index contributed by atoms with van der Waals surface area (Å²) < 4.78 is 5.44. The third kappa shape index (κ3) is 5.49. The number of carbonyl (C=O) groups excluding carboxylic acids is 1. The normalized spacial score (nSPS) is 20.0. The summed E-state index contributed by atoms with van der Waals surface area (Å²) in [5.41, 5.74) is 2.26. The van der Waals surface area contributed by atoms with Crippen LogP contribution in [0.2, 0.25) is 5.02 Å². The Morgan fingerprint density at radius 2 is 2.17 bits per heavy atom. The van der Waals surface area contributed by atoms with E-state index in [0.717, 1.165) is 44.5 Å². The van der Waals surface area contributed by atoms with Crippen molar-refractivity contribution in [2.45, 2.75) is 51.5 Å². The van der Waals surface area contributed by atoms with Gasteiger partial charge < -0.3 is 9.84 Å². The molecule has 0 radical (unpaired) electrons. The van der Waals surface area contributed by atoms with Gasteiger partial charge >= 0.3 is 0 Å². The third-order valence-electron chi connectivity index (χ3n) is 5.95. The third-order valence-corrected chi connectivity index (χ3v) is 6.28. The van der Waals surface area contributed by atoms with Gasteiger partial charge in [-0.25, -0.2) is 0 Å². The van der Waals surface area contributed by atoms with Crippen molar-refractivity contribution >= 4 is 17.5 Å². The van der Waals surface area contributed by atoms with Gasteiger partial charge in [-0.05, 0) is 63.6 Å². The molecule has 2 aromatic rings. The molecule has 7 heteroatoms. The van der Waals surface area contributed by atoms with Crippen LogP contribution in [-0.4, -0.2) is 40.6 Å². The van der Waals surface area contributed by atoms with Crippen LogP contribution in [0.25, 0.3) is 11.4 Å². The number of benzene rings is 1. The van der Waals surface area contributed by atoms with Crippen molar-refractivity contribution in [3.8, 4) is 11.4 Å². The van der Waals surface area contributed by atoms with E-state index >= 15 is 0 Å². The van der Waals surface area contributed by atoms with Gasteiger partial charge in [-0.2, -0.15) is 4.98 Å². The predicted octanol–water partition coefficient (Wildman–Crippen LogP) is 4.61. The molecule has 2 aliphatic rings. The fourth-order valence-electron chi connectivity index (χ4n) is 4.30. The molecule has 1 aliphatic heterocycles. The van der Waals surface area contributed by atoms with Gasteiger partial charge in [0.25, 0.3) is 0 Å². The van der Waals surface area contributed by atoms with Crippen LogP contribution in [0.3, 0.4) is 0 Å². The molecular weight excluding hydrogens is 400 g/mol. The van der Waals surface area contributed by atoms with Crippen LogP contribution in [0.1, 0.15) is 50.8 Å². The Labute approximate surface area is 182 Å². The van der Waals surface area contributed by atoms with Crippen LogP contribution >= 0.6 is 11.6 Å². The maximum atomic E-state index is 12.6. The second kappa shape index (κ2) is 10.2. The number of aromatic nitrogens is 2. The minimum absolute atomic E-state index is 0.0186. The number of amides is 1. The first-order chi connectivity index (χ1) is 14.7. The molecule has 1 saturated heterocycles. The molecule has 0 saturated carbocycles. The van der Waals surface area contributed by atoms with Crippen molar-refractivity contribution in [2.75, 3.05) is 19.6 Å². The first-order valence-electron chi connectivity index (χ1n) is 10.9. The Kier molecular flexibility index (Phi) is 7.18. The molecule has 6 nitrogen and oxygen atoms in total. The van der Waals surface area contributed by atoms with Crippen LogP contribution in [0.5, 0.6) is 0 Å². The quantitative estimate of drug-likeness (QED) is 0.652.